The first-order valence-electron chi connectivity index (χ1n) is 13.7. The Hall–Kier alpha value is -4.74. The van der Waals surface area contributed by atoms with Crippen LogP contribution in [0.25, 0.3) is 28.2 Å². The average Bonchev–Trinajstić information content (AvgIpc) is 3.46. The maximum atomic E-state index is 12.9. The number of carbonyl (C=O) groups is 2. The zero-order valence-electron chi connectivity index (χ0n) is 23.8. The van der Waals surface area contributed by atoms with Gasteiger partial charge in [-0.15, -0.1) is 5.10 Å². The summed E-state index contributed by atoms with van der Waals surface area (Å²) in [5.74, 6) is -0.757. The first-order valence-corrected chi connectivity index (χ1v) is 13.7. The highest BCUT2D eigenvalue weighted by Gasteiger charge is 2.30. The Morgan fingerprint density at radius 2 is 1.53 bits per heavy atom. The normalized spacial score (nSPS) is 14.5. The first kappa shape index (κ1) is 29.7. The van der Waals surface area contributed by atoms with Crippen LogP contribution >= 0.6 is 0 Å². The molecule has 0 saturated carbocycles. The van der Waals surface area contributed by atoms with Gasteiger partial charge in [0.25, 0.3) is 0 Å². The number of benzene rings is 2. The third kappa shape index (κ3) is 7.02. The molecule has 2 aromatic carbocycles. The van der Waals surface area contributed by atoms with E-state index in [1.807, 2.05) is 45.0 Å². The molecule has 2 aromatic heterocycles. The fourth-order valence-corrected chi connectivity index (χ4v) is 4.92. The molecule has 1 aliphatic heterocycles. The number of aromatic carboxylic acids is 1. The summed E-state index contributed by atoms with van der Waals surface area (Å²) in [5, 5.41) is 17.8. The molecular formula is C31H30F3N5O4. The lowest BCUT2D eigenvalue weighted by Crippen LogP contribution is -2.41. The lowest BCUT2D eigenvalue weighted by atomic mass is 9.88. The van der Waals surface area contributed by atoms with Crippen LogP contribution in [0.1, 0.15) is 61.1 Å². The van der Waals surface area contributed by atoms with Crippen molar-refractivity contribution >= 4 is 12.1 Å². The van der Waals surface area contributed by atoms with Gasteiger partial charge in [0.05, 0.1) is 11.8 Å². The van der Waals surface area contributed by atoms with Crippen LogP contribution in [0, 0.1) is 0 Å². The molecule has 5 rings (SSSR count). The molecule has 4 aromatic rings. The molecule has 1 aliphatic rings. The second-order valence-electron chi connectivity index (χ2n) is 11.4. The van der Waals surface area contributed by atoms with E-state index in [0.717, 1.165) is 36.1 Å². The van der Waals surface area contributed by atoms with E-state index in [9.17, 15) is 27.9 Å². The molecule has 0 unspecified atom stereocenters. The number of likely N-dealkylation sites (tertiary alicyclic amines) is 1. The lowest BCUT2D eigenvalue weighted by molar-refractivity contribution is -0.137. The van der Waals surface area contributed by atoms with Crippen molar-refractivity contribution in [3.63, 3.8) is 0 Å². The van der Waals surface area contributed by atoms with Gasteiger partial charge in [0, 0.05) is 18.7 Å². The highest BCUT2D eigenvalue weighted by atomic mass is 19.4. The van der Waals surface area contributed by atoms with E-state index in [0.29, 0.717) is 29.9 Å². The zero-order chi connectivity index (χ0) is 30.9. The molecule has 9 nitrogen and oxygen atoms in total. The van der Waals surface area contributed by atoms with E-state index in [4.69, 9.17) is 4.74 Å². The number of carboxylic acid groups (broad SMARTS) is 1. The van der Waals surface area contributed by atoms with E-state index < -0.39 is 23.3 Å². The fourth-order valence-electron chi connectivity index (χ4n) is 4.92. The van der Waals surface area contributed by atoms with Crippen molar-refractivity contribution in [2.24, 2.45) is 0 Å². The summed E-state index contributed by atoms with van der Waals surface area (Å²) >= 11 is 0. The number of carbonyl (C=O) groups excluding carboxylic acids is 1. The summed E-state index contributed by atoms with van der Waals surface area (Å²) < 4.78 is 45.5. The number of pyridine rings is 1. The summed E-state index contributed by atoms with van der Waals surface area (Å²) in [6.45, 7) is 6.73. The molecule has 0 aliphatic carbocycles. The van der Waals surface area contributed by atoms with Gasteiger partial charge in [-0.25, -0.2) is 19.3 Å². The standard InChI is InChI=1S/C31H30F3N5O4/c1-30(2,3)43-29(42)38-14-12-21(13-15-38)19-4-6-20(7-5-19)23-16-25(28(40)41)35-27(17-23)39-18-26(36-37-39)22-8-10-24(11-9-22)31(32,33)34/h4-11,16-18,21H,12-15H2,1-3H3,(H,40,41). The molecule has 1 saturated heterocycles. The Labute approximate surface area is 245 Å². The number of nitrogens with zero attached hydrogens (tertiary/aromatic N) is 5. The molecule has 0 radical (unpaired) electrons. The molecule has 0 bridgehead atoms. The minimum Gasteiger partial charge on any atom is -0.477 e. The first-order chi connectivity index (χ1) is 20.3. The highest BCUT2D eigenvalue weighted by molar-refractivity contribution is 5.87. The van der Waals surface area contributed by atoms with E-state index in [-0.39, 0.29) is 23.5 Å². The zero-order valence-corrected chi connectivity index (χ0v) is 23.8. The predicted octanol–water partition coefficient (Wildman–Crippen LogP) is 6.83. The van der Waals surface area contributed by atoms with Gasteiger partial charge in [-0.3, -0.25) is 0 Å². The number of hydrogen-bond donors (Lipinski definition) is 1. The van der Waals surface area contributed by atoms with Crippen LogP contribution in [0.5, 0.6) is 0 Å². The minimum atomic E-state index is -4.45. The number of ether oxygens (including phenoxy) is 1. The smallest absolute Gasteiger partial charge is 0.416 e. The van der Waals surface area contributed by atoms with Crippen LogP contribution in [-0.2, 0) is 10.9 Å². The van der Waals surface area contributed by atoms with Crippen molar-refractivity contribution in [1.82, 2.24) is 24.9 Å². The number of piperidine rings is 1. The van der Waals surface area contributed by atoms with Crippen LogP contribution in [0.15, 0.2) is 66.9 Å². The average molecular weight is 594 g/mol. The number of hydrogen-bond acceptors (Lipinski definition) is 6. The van der Waals surface area contributed by atoms with Gasteiger partial charge < -0.3 is 14.7 Å². The number of alkyl halides is 3. The summed E-state index contributed by atoms with van der Waals surface area (Å²) in [7, 11) is 0. The van der Waals surface area contributed by atoms with E-state index in [2.05, 4.69) is 15.3 Å². The SMILES string of the molecule is CC(C)(C)OC(=O)N1CCC(c2ccc(-c3cc(C(=O)O)nc(-n4cc(-c5ccc(C(F)(F)F)cc5)nn4)c3)cc2)CC1. The molecule has 0 spiro atoms. The third-order valence-electron chi connectivity index (χ3n) is 7.13. The Morgan fingerprint density at radius 3 is 2.12 bits per heavy atom. The summed E-state index contributed by atoms with van der Waals surface area (Å²) in [5.41, 5.74) is 1.70. The molecule has 224 valence electrons. The molecule has 43 heavy (non-hydrogen) atoms. The Balaban J connectivity index is 1.33. The molecular weight excluding hydrogens is 563 g/mol. The third-order valence-corrected chi connectivity index (χ3v) is 7.13. The fraction of sp³-hybridized carbons (Fsp3) is 0.323. The van der Waals surface area contributed by atoms with Crippen LogP contribution in [0.3, 0.4) is 0 Å². The van der Waals surface area contributed by atoms with Crippen LogP contribution in [-0.4, -0.2) is 60.7 Å². The van der Waals surface area contributed by atoms with Gasteiger partial charge in [0.1, 0.15) is 11.3 Å². The maximum absolute atomic E-state index is 12.9. The Morgan fingerprint density at radius 1 is 0.907 bits per heavy atom. The van der Waals surface area contributed by atoms with Gasteiger partial charge >= 0.3 is 18.2 Å². The van der Waals surface area contributed by atoms with Gasteiger partial charge in [0.15, 0.2) is 11.5 Å². The largest absolute Gasteiger partial charge is 0.477 e. The van der Waals surface area contributed by atoms with Crippen LogP contribution in [0.2, 0.25) is 0 Å². The second kappa shape index (κ2) is 11.5. The number of carboxylic acids is 1. The van der Waals surface area contributed by atoms with Crippen molar-refractivity contribution in [3.8, 4) is 28.2 Å². The van der Waals surface area contributed by atoms with Gasteiger partial charge in [-0.1, -0.05) is 41.6 Å². The van der Waals surface area contributed by atoms with E-state index >= 15 is 0 Å². The van der Waals surface area contributed by atoms with E-state index in [1.165, 1.54) is 29.1 Å². The summed E-state index contributed by atoms with van der Waals surface area (Å²) in [6.07, 6.45) is -1.68. The van der Waals surface area contributed by atoms with Crippen LogP contribution < -0.4 is 0 Å². The molecule has 1 N–H and O–H groups in total. The van der Waals surface area contributed by atoms with Crippen LogP contribution in [0.4, 0.5) is 18.0 Å². The van der Waals surface area contributed by atoms with Gasteiger partial charge in [0.2, 0.25) is 0 Å². The van der Waals surface area contributed by atoms with E-state index in [1.54, 1.807) is 11.0 Å². The Bertz CT molecular complexity index is 1620. The minimum absolute atomic E-state index is 0.194. The Kier molecular flexibility index (Phi) is 7.96. The topological polar surface area (TPSA) is 110 Å². The van der Waals surface area contributed by atoms with Crippen molar-refractivity contribution < 1.29 is 32.6 Å². The molecule has 1 fully saturated rings. The van der Waals surface area contributed by atoms with Crippen molar-refractivity contribution in [2.75, 3.05) is 13.1 Å². The van der Waals surface area contributed by atoms with Gasteiger partial charge in [-0.05, 0) is 80.5 Å². The quantitative estimate of drug-likeness (QED) is 0.270. The summed E-state index contributed by atoms with van der Waals surface area (Å²) in [4.78, 5) is 30.2. The molecule has 3 heterocycles. The monoisotopic (exact) mass is 593 g/mol. The number of aromatic nitrogens is 4. The number of rotatable bonds is 5. The maximum Gasteiger partial charge on any atom is 0.416 e. The second-order valence-corrected chi connectivity index (χ2v) is 11.4. The lowest BCUT2D eigenvalue weighted by Gasteiger charge is -2.33. The molecule has 12 heteroatoms. The van der Waals surface area contributed by atoms with Gasteiger partial charge in [-0.2, -0.15) is 13.2 Å². The number of amides is 1. The van der Waals surface area contributed by atoms with Crippen molar-refractivity contribution in [3.05, 3.63) is 83.7 Å². The van der Waals surface area contributed by atoms with Crippen molar-refractivity contribution in [2.45, 2.75) is 51.3 Å². The highest BCUT2D eigenvalue weighted by Crippen LogP contribution is 2.32. The van der Waals surface area contributed by atoms with Crippen molar-refractivity contribution in [1.29, 1.82) is 0 Å². The predicted molar refractivity (Wildman–Crippen MR) is 152 cm³/mol. The molecule has 1 amide bonds. The number of halogens is 3. The summed E-state index contributed by atoms with van der Waals surface area (Å²) in [6, 6.07) is 15.5. The molecule has 0 atom stereocenters.